The van der Waals surface area contributed by atoms with Gasteiger partial charge in [-0.2, -0.15) is 0 Å². The third-order valence-electron chi connectivity index (χ3n) is 9.71. The van der Waals surface area contributed by atoms with Gasteiger partial charge in [-0.1, -0.05) is 136 Å². The zero-order valence-electron chi connectivity index (χ0n) is 33.3. The van der Waals surface area contributed by atoms with Gasteiger partial charge < -0.3 is 23.5 Å². The molecule has 0 saturated heterocycles. The van der Waals surface area contributed by atoms with Crippen molar-refractivity contribution in [3.05, 3.63) is 72.8 Å². The summed E-state index contributed by atoms with van der Waals surface area (Å²) in [5.41, 5.74) is 0. The Balaban J connectivity index is 1.76. The maximum Gasteiger partial charge on any atom is 0.517 e. The number of hydrogen-bond donors (Lipinski definition) is 1. The van der Waals surface area contributed by atoms with Crippen LogP contribution in [0, 0.1) is 0 Å². The summed E-state index contributed by atoms with van der Waals surface area (Å²) in [6, 6.07) is 23.3. The van der Waals surface area contributed by atoms with E-state index in [1.54, 1.807) is 0 Å². The topological polar surface area (TPSA) is 74.2 Å². The molecule has 0 fully saturated rings. The molecular formula is C46H70O6S. The summed E-state index contributed by atoms with van der Waals surface area (Å²) >= 11 is 0. The minimum Gasteiger partial charge on any atom is -0.494 e. The number of hydrogen-bond acceptors (Lipinski definition) is 5. The zero-order valence-corrected chi connectivity index (χ0v) is 34.1. The van der Waals surface area contributed by atoms with Crippen molar-refractivity contribution in [2.45, 2.75) is 170 Å². The Morgan fingerprint density at radius 3 is 0.906 bits per heavy atom. The molecule has 3 aromatic rings. The summed E-state index contributed by atoms with van der Waals surface area (Å²) < 4.78 is 24.4. The second-order valence-electron chi connectivity index (χ2n) is 14.2. The Hall–Kier alpha value is -3.32. The van der Waals surface area contributed by atoms with Crippen LogP contribution in [-0.4, -0.2) is 31.1 Å². The monoisotopic (exact) mass is 750 g/mol. The van der Waals surface area contributed by atoms with Gasteiger partial charge in [0.1, 0.15) is 17.2 Å². The first-order chi connectivity index (χ1) is 26.0. The Morgan fingerprint density at radius 1 is 0.415 bits per heavy atom. The van der Waals surface area contributed by atoms with Crippen molar-refractivity contribution in [1.82, 2.24) is 0 Å². The van der Waals surface area contributed by atoms with Crippen LogP contribution >= 0.6 is 10.3 Å². The van der Waals surface area contributed by atoms with Crippen molar-refractivity contribution in [3.63, 3.8) is 0 Å². The lowest BCUT2D eigenvalue weighted by Crippen LogP contribution is -2.12. The molecule has 0 heterocycles. The van der Waals surface area contributed by atoms with Gasteiger partial charge >= 0.3 is 6.16 Å². The fourth-order valence-corrected chi connectivity index (χ4v) is 9.47. The van der Waals surface area contributed by atoms with Crippen LogP contribution in [-0.2, 0) is 4.18 Å². The molecule has 3 rings (SSSR count). The van der Waals surface area contributed by atoms with Gasteiger partial charge in [0.15, 0.2) is 0 Å². The van der Waals surface area contributed by atoms with Crippen LogP contribution in [0.2, 0.25) is 0 Å². The highest BCUT2D eigenvalue weighted by molar-refractivity contribution is 8.30. The molecule has 0 atom stereocenters. The first-order valence-corrected chi connectivity index (χ1v) is 22.5. The highest BCUT2D eigenvalue weighted by atomic mass is 32.3. The van der Waals surface area contributed by atoms with Gasteiger partial charge in [-0.15, -0.1) is 0 Å². The second-order valence-corrected chi connectivity index (χ2v) is 16.9. The zero-order chi connectivity index (χ0) is 37.8. The molecule has 0 aliphatic rings. The number of rotatable bonds is 31. The Labute approximate surface area is 323 Å². The molecule has 296 valence electrons. The van der Waals surface area contributed by atoms with Crippen LogP contribution in [0.5, 0.6) is 17.2 Å². The van der Waals surface area contributed by atoms with Crippen molar-refractivity contribution in [2.75, 3.05) is 19.8 Å². The molecule has 0 spiro atoms. The van der Waals surface area contributed by atoms with Gasteiger partial charge in [0.2, 0.25) is 0 Å². The Morgan fingerprint density at radius 2 is 0.660 bits per heavy atom. The largest absolute Gasteiger partial charge is 0.517 e. The van der Waals surface area contributed by atoms with Gasteiger partial charge in [0.25, 0.3) is 0 Å². The standard InChI is InChI=1S/C46H70O6S/c1-4-7-10-13-16-19-22-37-49-40-25-31-43(32-26-40)53(52-46(47)48,44-33-27-41(28-34-44)50-38-23-20-17-14-11-8-5-2)45-35-29-42(30-36-45)51-39-24-21-18-15-12-9-6-3/h25-36H,4-24,37-39H2,1-3H3,(H,47,48). The van der Waals surface area contributed by atoms with E-state index in [1.807, 2.05) is 72.8 Å². The van der Waals surface area contributed by atoms with E-state index in [0.29, 0.717) is 19.8 Å². The van der Waals surface area contributed by atoms with Gasteiger partial charge in [-0.3, -0.25) is 0 Å². The maximum atomic E-state index is 12.5. The molecule has 3 aromatic carbocycles. The molecule has 1 N–H and O–H groups in total. The predicted octanol–water partition coefficient (Wildman–Crippen LogP) is 15.0. The van der Waals surface area contributed by atoms with E-state index >= 15 is 0 Å². The normalized spacial score (nSPS) is 11.7. The Bertz CT molecular complexity index is 1190. The lowest BCUT2D eigenvalue weighted by molar-refractivity contribution is 0.150. The van der Waals surface area contributed by atoms with Crippen molar-refractivity contribution in [3.8, 4) is 17.2 Å². The predicted molar refractivity (Wildman–Crippen MR) is 221 cm³/mol. The van der Waals surface area contributed by atoms with Crippen LogP contribution < -0.4 is 14.2 Å². The third-order valence-corrected chi connectivity index (χ3v) is 12.9. The number of ether oxygens (including phenoxy) is 3. The molecule has 0 saturated carbocycles. The smallest absolute Gasteiger partial charge is 0.494 e. The number of unbranched alkanes of at least 4 members (excludes halogenated alkanes) is 18. The second kappa shape index (κ2) is 27.3. The molecule has 0 aliphatic heterocycles. The van der Waals surface area contributed by atoms with E-state index in [-0.39, 0.29) is 0 Å². The van der Waals surface area contributed by atoms with Gasteiger partial charge in [0, 0.05) is 14.7 Å². The lowest BCUT2D eigenvalue weighted by atomic mass is 10.1. The fraction of sp³-hybridized carbons (Fsp3) is 0.587. The van der Waals surface area contributed by atoms with Crippen LogP contribution in [0.3, 0.4) is 0 Å². The molecule has 0 bridgehead atoms. The molecular weight excluding hydrogens is 681 g/mol. The quantitative estimate of drug-likeness (QED) is 0.0660. The van der Waals surface area contributed by atoms with Crippen LogP contribution in [0.4, 0.5) is 4.79 Å². The van der Waals surface area contributed by atoms with E-state index in [4.69, 9.17) is 18.4 Å². The molecule has 7 heteroatoms. The fourth-order valence-electron chi connectivity index (χ4n) is 6.59. The summed E-state index contributed by atoms with van der Waals surface area (Å²) in [5, 5.41) is 10.2. The highest BCUT2D eigenvalue weighted by Gasteiger charge is 2.36. The van der Waals surface area contributed by atoms with Gasteiger partial charge in [-0.25, -0.2) is 4.79 Å². The summed E-state index contributed by atoms with van der Waals surface area (Å²) in [6.07, 6.45) is 24.5. The maximum absolute atomic E-state index is 12.5. The van der Waals surface area contributed by atoms with Gasteiger partial charge in [-0.05, 0) is 102 Å². The summed E-state index contributed by atoms with van der Waals surface area (Å²) in [7, 11) is -2.67. The van der Waals surface area contributed by atoms with Gasteiger partial charge in [0.05, 0.1) is 19.8 Å². The summed E-state index contributed by atoms with van der Waals surface area (Å²) in [6.45, 7) is 8.72. The van der Waals surface area contributed by atoms with E-state index in [0.717, 1.165) is 51.2 Å². The first kappa shape index (κ1) is 44.1. The molecule has 6 nitrogen and oxygen atoms in total. The number of carboxylic acid groups (broad SMARTS) is 1. The SMILES string of the molecule is CCCCCCCCCOc1ccc(S(OC(=O)O)(c2ccc(OCCCCCCCCC)cc2)c2ccc(OCCCCCCCCC)cc2)cc1. The van der Waals surface area contributed by atoms with E-state index in [2.05, 4.69) is 20.8 Å². The van der Waals surface area contributed by atoms with Crippen molar-refractivity contribution >= 4 is 16.5 Å². The average Bonchev–Trinajstić information content (AvgIpc) is 3.18. The third kappa shape index (κ3) is 16.7. The molecule has 0 unspecified atom stereocenters. The number of carbonyl (C=O) groups is 1. The molecule has 53 heavy (non-hydrogen) atoms. The minimum absolute atomic E-state index is 0.664. The van der Waals surface area contributed by atoms with Crippen molar-refractivity contribution < 1.29 is 28.3 Å². The minimum atomic E-state index is -2.67. The molecule has 0 aromatic heterocycles. The molecule has 0 radical (unpaired) electrons. The summed E-state index contributed by atoms with van der Waals surface area (Å²) in [5.74, 6) is 2.31. The molecule has 0 amide bonds. The van der Waals surface area contributed by atoms with Crippen LogP contribution in [0.15, 0.2) is 87.5 Å². The number of benzene rings is 3. The van der Waals surface area contributed by atoms with E-state index in [9.17, 15) is 9.90 Å². The van der Waals surface area contributed by atoms with Crippen LogP contribution in [0.25, 0.3) is 0 Å². The average molecular weight is 751 g/mol. The van der Waals surface area contributed by atoms with E-state index < -0.39 is 16.5 Å². The first-order valence-electron chi connectivity index (χ1n) is 21.0. The lowest BCUT2D eigenvalue weighted by Gasteiger charge is -2.38. The van der Waals surface area contributed by atoms with Crippen LogP contribution in [0.1, 0.15) is 156 Å². The molecule has 0 aliphatic carbocycles. The van der Waals surface area contributed by atoms with E-state index in [1.165, 1.54) is 116 Å². The van der Waals surface area contributed by atoms with Crippen molar-refractivity contribution in [2.24, 2.45) is 0 Å². The Kier molecular flexibility index (Phi) is 22.7. The summed E-state index contributed by atoms with van der Waals surface area (Å²) in [4.78, 5) is 14.8. The highest BCUT2D eigenvalue weighted by Crippen LogP contribution is 2.69. The van der Waals surface area contributed by atoms with Crippen molar-refractivity contribution in [1.29, 1.82) is 0 Å².